The first kappa shape index (κ1) is 10.3. The molecule has 0 saturated carbocycles. The van der Waals surface area contributed by atoms with Crippen LogP contribution in [0.3, 0.4) is 0 Å². The Morgan fingerprint density at radius 2 is 2.00 bits per heavy atom. The lowest BCUT2D eigenvalue weighted by atomic mass is 10.1. The Morgan fingerprint density at radius 1 is 1.45 bits per heavy atom. The summed E-state index contributed by atoms with van der Waals surface area (Å²) in [5, 5.41) is 27.8. The topological polar surface area (TPSA) is 89.8 Å². The van der Waals surface area contributed by atoms with Crippen molar-refractivity contribution in [3.05, 3.63) is 0 Å². The van der Waals surface area contributed by atoms with Crippen LogP contribution in [-0.4, -0.2) is 40.7 Å². The fraction of sp³-hybridized carbons (Fsp3) is 0.833. The number of hydrogen-bond acceptors (Lipinski definition) is 4. The standard InChI is InChI=1S/C6H13NO4/c1-7-4(6(10)11)2-3-5(8)9/h4-5,7-9H,2-3H2,1H3,(H,10,11). The average molecular weight is 163 g/mol. The normalized spacial score (nSPS) is 13.5. The monoisotopic (exact) mass is 163 g/mol. The number of carboxylic acids is 1. The number of aliphatic hydroxyl groups is 2. The van der Waals surface area contributed by atoms with Gasteiger partial charge in [0.2, 0.25) is 0 Å². The summed E-state index contributed by atoms with van der Waals surface area (Å²) < 4.78 is 0. The van der Waals surface area contributed by atoms with Gasteiger partial charge < -0.3 is 20.6 Å². The van der Waals surface area contributed by atoms with Gasteiger partial charge in [0.1, 0.15) is 6.04 Å². The van der Waals surface area contributed by atoms with Crippen molar-refractivity contribution in [3.63, 3.8) is 0 Å². The largest absolute Gasteiger partial charge is 0.480 e. The number of likely N-dealkylation sites (N-methyl/N-ethyl adjacent to an activating group) is 1. The molecule has 0 spiro atoms. The van der Waals surface area contributed by atoms with E-state index in [2.05, 4.69) is 5.32 Å². The van der Waals surface area contributed by atoms with Gasteiger partial charge in [-0.05, 0) is 19.9 Å². The maximum atomic E-state index is 10.3. The van der Waals surface area contributed by atoms with E-state index in [4.69, 9.17) is 15.3 Å². The molecule has 0 aromatic carbocycles. The van der Waals surface area contributed by atoms with E-state index in [-0.39, 0.29) is 12.8 Å². The number of aliphatic hydroxyl groups excluding tert-OH is 1. The Bertz CT molecular complexity index is 126. The van der Waals surface area contributed by atoms with Gasteiger partial charge in [-0.1, -0.05) is 0 Å². The summed E-state index contributed by atoms with van der Waals surface area (Å²) in [4.78, 5) is 10.3. The third-order valence-electron chi connectivity index (χ3n) is 1.36. The maximum absolute atomic E-state index is 10.3. The molecular formula is C6H13NO4. The van der Waals surface area contributed by atoms with Gasteiger partial charge in [-0.15, -0.1) is 0 Å². The Hall–Kier alpha value is -0.650. The van der Waals surface area contributed by atoms with Crippen LogP contribution in [0.5, 0.6) is 0 Å². The first-order chi connectivity index (χ1) is 5.07. The molecule has 0 bridgehead atoms. The van der Waals surface area contributed by atoms with Crippen molar-refractivity contribution in [2.45, 2.75) is 25.2 Å². The van der Waals surface area contributed by atoms with E-state index in [1.54, 1.807) is 0 Å². The SMILES string of the molecule is CNC(CCC(O)O)C(=O)O. The minimum Gasteiger partial charge on any atom is -0.480 e. The summed E-state index contributed by atoms with van der Waals surface area (Å²) in [7, 11) is 1.52. The van der Waals surface area contributed by atoms with E-state index in [0.29, 0.717) is 0 Å². The van der Waals surface area contributed by atoms with Crippen LogP contribution in [0.15, 0.2) is 0 Å². The van der Waals surface area contributed by atoms with Crippen LogP contribution in [-0.2, 0) is 4.79 Å². The molecule has 0 fully saturated rings. The molecule has 4 N–H and O–H groups in total. The van der Waals surface area contributed by atoms with E-state index in [1.165, 1.54) is 7.05 Å². The van der Waals surface area contributed by atoms with Crippen molar-refractivity contribution in [1.29, 1.82) is 0 Å². The molecule has 0 aliphatic heterocycles. The molecule has 11 heavy (non-hydrogen) atoms. The van der Waals surface area contributed by atoms with Crippen molar-refractivity contribution in [2.75, 3.05) is 7.05 Å². The van der Waals surface area contributed by atoms with Crippen molar-refractivity contribution < 1.29 is 20.1 Å². The second-order valence-corrected chi connectivity index (χ2v) is 2.24. The highest BCUT2D eigenvalue weighted by Gasteiger charge is 2.15. The highest BCUT2D eigenvalue weighted by molar-refractivity contribution is 5.73. The van der Waals surface area contributed by atoms with Crippen LogP contribution < -0.4 is 5.32 Å². The predicted octanol–water partition coefficient (Wildman–Crippen LogP) is -1.25. The summed E-state index contributed by atoms with van der Waals surface area (Å²) in [5.74, 6) is -0.979. The molecule has 0 aromatic heterocycles. The minimum atomic E-state index is -1.43. The Morgan fingerprint density at radius 3 is 2.27 bits per heavy atom. The van der Waals surface area contributed by atoms with E-state index < -0.39 is 18.3 Å². The lowest BCUT2D eigenvalue weighted by Gasteiger charge is -2.10. The summed E-state index contributed by atoms with van der Waals surface area (Å²) in [6.45, 7) is 0. The van der Waals surface area contributed by atoms with Gasteiger partial charge in [0.25, 0.3) is 0 Å². The lowest BCUT2D eigenvalue weighted by molar-refractivity contribution is -0.140. The van der Waals surface area contributed by atoms with Gasteiger partial charge in [-0.2, -0.15) is 0 Å². The van der Waals surface area contributed by atoms with E-state index in [9.17, 15) is 4.79 Å². The van der Waals surface area contributed by atoms with Gasteiger partial charge in [0, 0.05) is 0 Å². The summed E-state index contributed by atoms with van der Waals surface area (Å²) in [6.07, 6.45) is -1.15. The highest BCUT2D eigenvalue weighted by atomic mass is 16.5. The third kappa shape index (κ3) is 4.72. The average Bonchev–Trinajstić information content (AvgIpc) is 1.87. The second-order valence-electron chi connectivity index (χ2n) is 2.24. The van der Waals surface area contributed by atoms with Gasteiger partial charge in [-0.25, -0.2) is 0 Å². The fourth-order valence-corrected chi connectivity index (χ4v) is 0.707. The van der Waals surface area contributed by atoms with Crippen LogP contribution in [0, 0.1) is 0 Å². The molecule has 0 heterocycles. The molecule has 0 aliphatic carbocycles. The number of carbonyl (C=O) groups is 1. The number of carboxylic acid groups (broad SMARTS) is 1. The third-order valence-corrected chi connectivity index (χ3v) is 1.36. The first-order valence-electron chi connectivity index (χ1n) is 3.34. The smallest absolute Gasteiger partial charge is 0.320 e. The molecule has 0 rings (SSSR count). The van der Waals surface area contributed by atoms with Crippen molar-refractivity contribution in [3.8, 4) is 0 Å². The van der Waals surface area contributed by atoms with Crippen molar-refractivity contribution in [2.24, 2.45) is 0 Å². The van der Waals surface area contributed by atoms with Gasteiger partial charge >= 0.3 is 5.97 Å². The molecule has 0 saturated heterocycles. The first-order valence-corrected chi connectivity index (χ1v) is 3.34. The molecule has 0 aliphatic rings. The van der Waals surface area contributed by atoms with Crippen LogP contribution in [0.2, 0.25) is 0 Å². The minimum absolute atomic E-state index is 0.0673. The Kier molecular flexibility index (Phi) is 4.76. The zero-order valence-corrected chi connectivity index (χ0v) is 6.32. The molecule has 0 radical (unpaired) electrons. The number of aliphatic carboxylic acids is 1. The van der Waals surface area contributed by atoms with E-state index >= 15 is 0 Å². The molecule has 0 aromatic rings. The molecule has 1 atom stereocenters. The Labute approximate surface area is 64.7 Å². The van der Waals surface area contributed by atoms with Crippen molar-refractivity contribution in [1.82, 2.24) is 5.32 Å². The second kappa shape index (κ2) is 5.06. The number of hydrogen-bond donors (Lipinski definition) is 4. The molecule has 5 heteroatoms. The number of rotatable bonds is 5. The quantitative estimate of drug-likeness (QED) is 0.380. The van der Waals surface area contributed by atoms with Crippen LogP contribution in [0.1, 0.15) is 12.8 Å². The zero-order valence-electron chi connectivity index (χ0n) is 6.32. The molecule has 5 nitrogen and oxygen atoms in total. The maximum Gasteiger partial charge on any atom is 0.320 e. The fourth-order valence-electron chi connectivity index (χ4n) is 0.707. The zero-order chi connectivity index (χ0) is 8.85. The summed E-state index contributed by atoms with van der Waals surface area (Å²) in [5.41, 5.74) is 0. The van der Waals surface area contributed by atoms with Crippen molar-refractivity contribution >= 4 is 5.97 Å². The van der Waals surface area contributed by atoms with E-state index in [1.807, 2.05) is 0 Å². The summed E-state index contributed by atoms with van der Waals surface area (Å²) >= 11 is 0. The Balaban J connectivity index is 3.61. The van der Waals surface area contributed by atoms with Crippen LogP contribution >= 0.6 is 0 Å². The molecule has 0 amide bonds. The lowest BCUT2D eigenvalue weighted by Crippen LogP contribution is -2.34. The summed E-state index contributed by atoms with van der Waals surface area (Å²) in [6, 6.07) is -0.697. The molecule has 1 unspecified atom stereocenters. The van der Waals surface area contributed by atoms with Crippen LogP contribution in [0.4, 0.5) is 0 Å². The van der Waals surface area contributed by atoms with Crippen LogP contribution in [0.25, 0.3) is 0 Å². The van der Waals surface area contributed by atoms with Gasteiger partial charge in [-0.3, -0.25) is 4.79 Å². The van der Waals surface area contributed by atoms with E-state index in [0.717, 1.165) is 0 Å². The molecular weight excluding hydrogens is 150 g/mol. The molecule has 66 valence electrons. The highest BCUT2D eigenvalue weighted by Crippen LogP contribution is 1.99. The number of nitrogens with one attached hydrogen (secondary N) is 1. The van der Waals surface area contributed by atoms with Gasteiger partial charge in [0.15, 0.2) is 6.29 Å². The van der Waals surface area contributed by atoms with Gasteiger partial charge in [0.05, 0.1) is 0 Å². The predicted molar refractivity (Wildman–Crippen MR) is 37.9 cm³/mol.